The third-order valence-corrected chi connectivity index (χ3v) is 6.08. The molecule has 156 valence electrons. The van der Waals surface area contributed by atoms with Crippen LogP contribution in [-0.4, -0.2) is 79.7 Å². The van der Waals surface area contributed by atoms with Crippen LogP contribution in [0.15, 0.2) is 21.6 Å². The van der Waals surface area contributed by atoms with Gasteiger partial charge in [0.05, 0.1) is 16.8 Å². The predicted octanol–water partition coefficient (Wildman–Crippen LogP) is 4.70. The van der Waals surface area contributed by atoms with Gasteiger partial charge in [-0.1, -0.05) is 40.9 Å². The first-order chi connectivity index (χ1) is 13.4. The van der Waals surface area contributed by atoms with Gasteiger partial charge in [-0.3, -0.25) is 9.69 Å². The van der Waals surface area contributed by atoms with Gasteiger partial charge < -0.3 is 9.80 Å². The summed E-state index contributed by atoms with van der Waals surface area (Å²) in [7, 11) is 4.25. The van der Waals surface area contributed by atoms with Crippen LogP contribution < -0.4 is 0 Å². The predicted molar refractivity (Wildman–Crippen MR) is 122 cm³/mol. The molecule has 0 saturated carbocycles. The Morgan fingerprint density at radius 1 is 1.32 bits per heavy atom. The molecule has 7 heteroatoms. The highest BCUT2D eigenvalue weighted by atomic mass is 79.9. The van der Waals surface area contributed by atoms with Crippen LogP contribution in [-0.2, 0) is 0 Å². The highest BCUT2D eigenvalue weighted by molar-refractivity contribution is 9.10. The zero-order chi connectivity index (χ0) is 20.7. The number of halogens is 2. The Bertz CT molecular complexity index is 697. The molecule has 0 aliphatic carbocycles. The molecule has 1 fully saturated rings. The zero-order valence-electron chi connectivity index (χ0n) is 17.4. The number of rotatable bonds is 7. The van der Waals surface area contributed by atoms with Crippen molar-refractivity contribution in [3.05, 3.63) is 27.2 Å². The monoisotopic (exact) mass is 470 g/mol. The van der Waals surface area contributed by atoms with Gasteiger partial charge in [-0.15, -0.1) is 0 Å². The fourth-order valence-corrected chi connectivity index (χ4v) is 4.49. The maximum absolute atomic E-state index is 11.7. The first kappa shape index (κ1) is 23.3. The van der Waals surface area contributed by atoms with E-state index in [1.807, 2.05) is 0 Å². The minimum atomic E-state index is 0.209. The molecule has 2 rings (SSSR count). The van der Waals surface area contributed by atoms with Gasteiger partial charge in [0.15, 0.2) is 6.29 Å². The van der Waals surface area contributed by atoms with E-state index < -0.39 is 0 Å². The summed E-state index contributed by atoms with van der Waals surface area (Å²) in [6.45, 7) is 9.44. The molecule has 0 bridgehead atoms. The molecule has 1 aromatic carbocycles. The van der Waals surface area contributed by atoms with E-state index in [0.29, 0.717) is 16.3 Å². The molecular weight excluding hydrogens is 440 g/mol. The van der Waals surface area contributed by atoms with E-state index in [2.05, 4.69) is 58.6 Å². The number of hydrogen-bond donors (Lipinski definition) is 0. The van der Waals surface area contributed by atoms with Crippen molar-refractivity contribution < 1.29 is 4.79 Å². The van der Waals surface area contributed by atoms with Gasteiger partial charge in [0.25, 0.3) is 0 Å². The Hall–Kier alpha value is -0.950. The van der Waals surface area contributed by atoms with Gasteiger partial charge in [0, 0.05) is 43.3 Å². The lowest BCUT2D eigenvalue weighted by molar-refractivity contribution is 0.112. The van der Waals surface area contributed by atoms with Crippen molar-refractivity contribution in [1.29, 1.82) is 0 Å². The fraction of sp³-hybridized carbons (Fsp3) is 0.619. The van der Waals surface area contributed by atoms with Gasteiger partial charge >= 0.3 is 0 Å². The lowest BCUT2D eigenvalue weighted by Gasteiger charge is -2.35. The summed E-state index contributed by atoms with van der Waals surface area (Å²) in [6, 6.07) is 3.78. The summed E-state index contributed by atoms with van der Waals surface area (Å²) in [5.41, 5.74) is 1.07. The Labute approximate surface area is 182 Å². The summed E-state index contributed by atoms with van der Waals surface area (Å²) in [5, 5.41) is 0.490. The summed E-state index contributed by atoms with van der Waals surface area (Å²) >= 11 is 9.90. The maximum Gasteiger partial charge on any atom is 0.152 e. The van der Waals surface area contributed by atoms with E-state index in [1.54, 1.807) is 12.1 Å². The average molecular weight is 472 g/mol. The molecule has 1 aliphatic heterocycles. The van der Waals surface area contributed by atoms with Crippen molar-refractivity contribution in [1.82, 2.24) is 14.7 Å². The lowest BCUT2D eigenvalue weighted by Crippen LogP contribution is -2.48. The first-order valence-corrected chi connectivity index (χ1v) is 11.2. The van der Waals surface area contributed by atoms with E-state index in [4.69, 9.17) is 16.6 Å². The largest absolute Gasteiger partial charge is 0.362 e. The van der Waals surface area contributed by atoms with Gasteiger partial charge in [-0.2, -0.15) is 0 Å². The topological polar surface area (TPSA) is 39.2 Å². The molecule has 1 atom stereocenters. The Morgan fingerprint density at radius 2 is 2.07 bits per heavy atom. The van der Waals surface area contributed by atoms with Crippen LogP contribution in [0.4, 0.5) is 5.69 Å². The molecule has 1 aromatic rings. The minimum Gasteiger partial charge on any atom is -0.362 e. The van der Waals surface area contributed by atoms with Crippen LogP contribution in [0.5, 0.6) is 0 Å². The number of nitrogens with zero attached hydrogens (tertiary/aromatic N) is 4. The van der Waals surface area contributed by atoms with Crippen LogP contribution in [0.25, 0.3) is 0 Å². The highest BCUT2D eigenvalue weighted by Gasteiger charge is 2.27. The van der Waals surface area contributed by atoms with E-state index >= 15 is 0 Å². The molecule has 5 nitrogen and oxygen atoms in total. The highest BCUT2D eigenvalue weighted by Crippen LogP contribution is 2.33. The number of amidine groups is 1. The molecule has 0 spiro atoms. The Kier molecular flexibility index (Phi) is 9.41. The number of aldehydes is 1. The number of likely N-dealkylation sites (N-methyl/N-ethyl adjacent to an activating group) is 2. The van der Waals surface area contributed by atoms with Crippen LogP contribution in [0, 0.1) is 0 Å². The molecule has 1 aliphatic rings. The normalized spacial score (nSPS) is 18.0. The van der Waals surface area contributed by atoms with Crippen molar-refractivity contribution in [2.24, 2.45) is 4.99 Å². The Morgan fingerprint density at radius 3 is 2.71 bits per heavy atom. The molecular formula is C21H32BrClN4O. The van der Waals surface area contributed by atoms with Crippen molar-refractivity contribution in [2.45, 2.75) is 39.2 Å². The second-order valence-electron chi connectivity index (χ2n) is 7.42. The smallest absolute Gasteiger partial charge is 0.152 e. The van der Waals surface area contributed by atoms with Gasteiger partial charge in [0.1, 0.15) is 5.84 Å². The van der Waals surface area contributed by atoms with Crippen LogP contribution in [0.2, 0.25) is 5.02 Å². The summed E-state index contributed by atoms with van der Waals surface area (Å²) in [4.78, 5) is 23.8. The average Bonchev–Trinajstić information content (AvgIpc) is 2.89. The number of carbonyl (C=O) groups excluding carboxylic acids is 1. The van der Waals surface area contributed by atoms with Crippen LogP contribution in [0.3, 0.4) is 0 Å². The molecule has 0 aromatic heterocycles. The summed E-state index contributed by atoms with van der Waals surface area (Å²) in [6.07, 6.45) is 4.08. The third-order valence-electron chi connectivity index (χ3n) is 5.33. The zero-order valence-corrected chi connectivity index (χ0v) is 19.8. The van der Waals surface area contributed by atoms with E-state index in [-0.39, 0.29) is 6.04 Å². The third kappa shape index (κ3) is 6.02. The van der Waals surface area contributed by atoms with E-state index in [1.165, 1.54) is 0 Å². The minimum absolute atomic E-state index is 0.209. The molecule has 1 heterocycles. The van der Waals surface area contributed by atoms with Crippen molar-refractivity contribution in [3.63, 3.8) is 0 Å². The maximum atomic E-state index is 11.7. The second-order valence-corrected chi connectivity index (χ2v) is 8.75. The quantitative estimate of drug-likeness (QED) is 0.328. The van der Waals surface area contributed by atoms with Gasteiger partial charge in [-0.25, -0.2) is 4.99 Å². The number of aliphatic imine (C=N–C) groups is 1. The van der Waals surface area contributed by atoms with Crippen molar-refractivity contribution in [3.8, 4) is 0 Å². The molecule has 0 N–H and O–H groups in total. The van der Waals surface area contributed by atoms with E-state index in [0.717, 1.165) is 68.6 Å². The molecule has 1 unspecified atom stereocenters. The van der Waals surface area contributed by atoms with Crippen LogP contribution >= 0.6 is 27.5 Å². The number of benzene rings is 1. The molecule has 0 amide bonds. The van der Waals surface area contributed by atoms with Crippen LogP contribution in [0.1, 0.15) is 43.5 Å². The summed E-state index contributed by atoms with van der Waals surface area (Å²) < 4.78 is 0.782. The molecule has 1 saturated heterocycles. The SMILES string of the molecule is CCCC(C(=Nc1c(Cl)cc(Br)cc1C=O)N(C)CC)N1CCCN(C)CC1. The van der Waals surface area contributed by atoms with Crippen molar-refractivity contribution >= 4 is 45.3 Å². The Balaban J connectivity index is 2.50. The summed E-state index contributed by atoms with van der Waals surface area (Å²) in [5.74, 6) is 0.987. The van der Waals surface area contributed by atoms with E-state index in [9.17, 15) is 4.79 Å². The molecule has 0 radical (unpaired) electrons. The fourth-order valence-electron chi connectivity index (χ4n) is 3.61. The first-order valence-electron chi connectivity index (χ1n) is 10.1. The van der Waals surface area contributed by atoms with Gasteiger partial charge in [-0.05, 0) is 45.5 Å². The number of hydrogen-bond acceptors (Lipinski definition) is 4. The standard InChI is InChI=1S/C21H32BrClN4O/c1-5-8-19(27-10-7-9-25(3)11-12-27)21(26(4)6-2)24-20-16(15-28)13-17(22)14-18(20)23/h13-15,19H,5-12H2,1-4H3. The lowest BCUT2D eigenvalue weighted by atomic mass is 10.1. The van der Waals surface area contributed by atoms with Gasteiger partial charge in [0.2, 0.25) is 0 Å². The molecule has 28 heavy (non-hydrogen) atoms. The number of carbonyl (C=O) groups is 1. The second kappa shape index (κ2) is 11.3. The van der Waals surface area contributed by atoms with Crippen molar-refractivity contribution in [2.75, 3.05) is 46.8 Å².